The largest absolute Gasteiger partial charge is 0.414 e. The number of amides is 2. The fourth-order valence-corrected chi connectivity index (χ4v) is 6.75. The molecular weight excluding hydrogens is 566 g/mol. The maximum absolute atomic E-state index is 15.8. The molecule has 9 nitrogen and oxygen atoms in total. The Balaban J connectivity index is 1.36. The van der Waals surface area contributed by atoms with Gasteiger partial charge in [0.2, 0.25) is 11.9 Å². The molecule has 1 N–H and O–H groups in total. The van der Waals surface area contributed by atoms with E-state index in [0.29, 0.717) is 54.7 Å². The average Bonchev–Trinajstić information content (AvgIpc) is 3.57. The third kappa shape index (κ3) is 5.50. The molecule has 3 atom stereocenters. The van der Waals surface area contributed by atoms with Crippen molar-refractivity contribution >= 4 is 35.4 Å². The van der Waals surface area contributed by atoms with Gasteiger partial charge in [0.25, 0.3) is 5.91 Å². The van der Waals surface area contributed by atoms with Crippen LogP contribution in [-0.2, 0) is 9.59 Å². The molecule has 2 bridgehead atoms. The molecule has 1 aromatic carbocycles. The maximum Gasteiger partial charge on any atom is 0.414 e. The number of benzene rings is 1. The summed E-state index contributed by atoms with van der Waals surface area (Å²) in [6, 6.07) is 3.72. The fourth-order valence-electron chi connectivity index (χ4n) is 6.75. The van der Waals surface area contributed by atoms with Gasteiger partial charge in [-0.1, -0.05) is 0 Å². The third-order valence-corrected chi connectivity index (χ3v) is 9.25. The lowest BCUT2D eigenvalue weighted by molar-refractivity contribution is -0.124. The molecule has 3 saturated heterocycles. The normalized spacial score (nSPS) is 27.6. The molecule has 228 valence electrons. The van der Waals surface area contributed by atoms with E-state index in [-0.39, 0.29) is 23.3 Å². The van der Waals surface area contributed by atoms with Crippen molar-refractivity contribution in [3.8, 4) is 11.1 Å². The first-order valence-electron chi connectivity index (χ1n) is 14.5. The molecule has 0 radical (unpaired) electrons. The number of aliphatic imine (C=N–C) groups is 1. The summed E-state index contributed by atoms with van der Waals surface area (Å²) in [5.74, 6) is -3.96. The molecule has 2 amide bonds. The third-order valence-electron chi connectivity index (χ3n) is 9.25. The van der Waals surface area contributed by atoms with Gasteiger partial charge in [0, 0.05) is 73.1 Å². The van der Waals surface area contributed by atoms with Gasteiger partial charge in [-0.05, 0) is 58.7 Å². The fraction of sp³-hybridized carbons (Fsp3) is 0.500. The predicted octanol–water partition coefficient (Wildman–Crippen LogP) is 4.60. The summed E-state index contributed by atoms with van der Waals surface area (Å²) in [6.45, 7) is 5.05. The average molecular weight is 600 g/mol. The van der Waals surface area contributed by atoms with Crippen LogP contribution in [0, 0.1) is 11.7 Å². The number of aromatic nitrogens is 2. The standard InChI is InChI=1S/C30H33F4N7O2/c1-16-14-40(15-17(2)39(16)3)26-10-24(31)21(18-11-36-29(37-12-18)41-19-4-5-20(41)7-6-19)8-25(26)38-28(43)22-13-35-27(42)9-23(22)30(32,33)34/h8-13,16-17,19-20,22H,4-7,14-15H2,1-3H3,(H,38,43)/t16-,17+,19?,20?,22?. The van der Waals surface area contributed by atoms with Gasteiger partial charge in [-0.2, -0.15) is 13.2 Å². The zero-order valence-corrected chi connectivity index (χ0v) is 24.1. The Hall–Kier alpha value is -3.87. The predicted molar refractivity (Wildman–Crippen MR) is 155 cm³/mol. The number of alkyl halides is 3. The molecule has 13 heteroatoms. The van der Waals surface area contributed by atoms with E-state index in [9.17, 15) is 22.8 Å². The Bertz CT molecular complexity index is 1460. The number of nitrogens with one attached hydrogen (secondary N) is 1. The molecule has 1 unspecified atom stereocenters. The molecule has 2 aromatic rings. The molecule has 1 aromatic heterocycles. The molecule has 6 rings (SSSR count). The Morgan fingerprint density at radius 3 is 2.19 bits per heavy atom. The van der Waals surface area contributed by atoms with Crippen molar-refractivity contribution in [2.24, 2.45) is 10.9 Å². The van der Waals surface area contributed by atoms with E-state index in [4.69, 9.17) is 0 Å². The molecule has 4 aliphatic rings. The molecule has 0 saturated carbocycles. The van der Waals surface area contributed by atoms with Gasteiger partial charge in [0.15, 0.2) is 0 Å². The van der Waals surface area contributed by atoms with Gasteiger partial charge in [-0.3, -0.25) is 14.5 Å². The second-order valence-corrected chi connectivity index (χ2v) is 11.9. The number of halogens is 4. The summed E-state index contributed by atoms with van der Waals surface area (Å²) < 4.78 is 57.0. The van der Waals surface area contributed by atoms with E-state index < -0.39 is 35.3 Å². The summed E-state index contributed by atoms with van der Waals surface area (Å²) in [7, 11) is 1.99. The second kappa shape index (κ2) is 11.0. The summed E-state index contributed by atoms with van der Waals surface area (Å²) in [5.41, 5.74) is -0.358. The summed E-state index contributed by atoms with van der Waals surface area (Å²) in [6.07, 6.45) is 3.58. The molecule has 0 aliphatic carbocycles. The second-order valence-electron chi connectivity index (χ2n) is 11.9. The van der Waals surface area contributed by atoms with Crippen LogP contribution in [0.25, 0.3) is 11.1 Å². The zero-order chi connectivity index (χ0) is 30.6. The first-order valence-corrected chi connectivity index (χ1v) is 14.5. The van der Waals surface area contributed by atoms with Crippen molar-refractivity contribution < 1.29 is 27.2 Å². The van der Waals surface area contributed by atoms with Gasteiger partial charge in [-0.15, -0.1) is 0 Å². The maximum atomic E-state index is 15.8. The Kier molecular flexibility index (Phi) is 7.47. The number of carbonyl (C=O) groups is 2. The number of rotatable bonds is 5. The highest BCUT2D eigenvalue weighted by Crippen LogP contribution is 2.41. The molecule has 5 heterocycles. The van der Waals surface area contributed by atoms with Crippen molar-refractivity contribution in [2.75, 3.05) is 35.3 Å². The van der Waals surface area contributed by atoms with Gasteiger partial charge < -0.3 is 15.1 Å². The minimum absolute atomic E-state index is 0.0909. The lowest BCUT2D eigenvalue weighted by Crippen LogP contribution is -2.55. The van der Waals surface area contributed by atoms with Crippen LogP contribution in [0.2, 0.25) is 0 Å². The topological polar surface area (TPSA) is 94.0 Å². The quantitative estimate of drug-likeness (QED) is 0.503. The number of carbonyl (C=O) groups excluding carboxylic acids is 2. The van der Waals surface area contributed by atoms with E-state index in [0.717, 1.165) is 25.7 Å². The molecular formula is C30H33F4N7O2. The van der Waals surface area contributed by atoms with E-state index in [2.05, 4.69) is 30.1 Å². The van der Waals surface area contributed by atoms with Gasteiger partial charge in [-0.25, -0.2) is 19.4 Å². The summed E-state index contributed by atoms with van der Waals surface area (Å²) in [4.78, 5) is 43.7. The SMILES string of the molecule is C[C@@H]1CN(c2cc(F)c(-c3cnc(N4C5CCC4CC5)nc3)cc2NC(=O)C2C=NC(=O)C=C2C(F)(F)F)C[C@H](C)N1C. The minimum atomic E-state index is -4.92. The van der Waals surface area contributed by atoms with E-state index in [1.807, 2.05) is 25.8 Å². The number of piperazine rings is 1. The minimum Gasteiger partial charge on any atom is -0.367 e. The van der Waals surface area contributed by atoms with Crippen LogP contribution < -0.4 is 15.1 Å². The van der Waals surface area contributed by atoms with Crippen LogP contribution in [0.1, 0.15) is 39.5 Å². The molecule has 3 fully saturated rings. The Morgan fingerprint density at radius 1 is 1.00 bits per heavy atom. The number of dihydropyridines is 1. The summed E-state index contributed by atoms with van der Waals surface area (Å²) in [5, 5.41) is 2.60. The van der Waals surface area contributed by atoms with Crippen LogP contribution in [0.15, 0.2) is 41.2 Å². The number of fused-ring (bicyclic) bond motifs is 2. The lowest BCUT2D eigenvalue weighted by atomic mass is 9.95. The Labute approximate surface area is 246 Å². The molecule has 4 aliphatic heterocycles. The monoisotopic (exact) mass is 599 g/mol. The van der Waals surface area contributed by atoms with Crippen LogP contribution in [0.5, 0.6) is 0 Å². The number of anilines is 3. The zero-order valence-electron chi connectivity index (χ0n) is 24.1. The van der Waals surface area contributed by atoms with Crippen LogP contribution in [-0.4, -0.2) is 83.4 Å². The van der Waals surface area contributed by atoms with E-state index >= 15 is 4.39 Å². The highest BCUT2D eigenvalue weighted by atomic mass is 19.4. The van der Waals surface area contributed by atoms with E-state index in [1.165, 1.54) is 24.5 Å². The number of likely N-dealkylation sites (N-methyl/N-ethyl adjacent to an activating group) is 1. The van der Waals surface area contributed by atoms with Crippen LogP contribution in [0.3, 0.4) is 0 Å². The van der Waals surface area contributed by atoms with Gasteiger partial charge in [0.05, 0.1) is 16.9 Å². The Morgan fingerprint density at radius 2 is 1.60 bits per heavy atom. The first-order chi connectivity index (χ1) is 20.4. The van der Waals surface area contributed by atoms with Gasteiger partial charge >= 0.3 is 6.18 Å². The first kappa shape index (κ1) is 29.2. The highest BCUT2D eigenvalue weighted by molar-refractivity contribution is 6.11. The highest BCUT2D eigenvalue weighted by Gasteiger charge is 2.44. The number of hydrogen-bond acceptors (Lipinski definition) is 7. The van der Waals surface area contributed by atoms with Crippen LogP contribution >= 0.6 is 0 Å². The number of hydrogen-bond donors (Lipinski definition) is 1. The van der Waals surface area contributed by atoms with Crippen molar-refractivity contribution in [1.29, 1.82) is 0 Å². The van der Waals surface area contributed by atoms with Crippen molar-refractivity contribution in [2.45, 2.75) is 69.9 Å². The van der Waals surface area contributed by atoms with Crippen LogP contribution in [0.4, 0.5) is 34.9 Å². The van der Waals surface area contributed by atoms with Crippen molar-refractivity contribution in [3.63, 3.8) is 0 Å². The smallest absolute Gasteiger partial charge is 0.367 e. The molecule has 0 spiro atoms. The number of nitrogens with zero attached hydrogens (tertiary/aromatic N) is 6. The lowest BCUT2D eigenvalue weighted by Gasteiger charge is -2.44. The van der Waals surface area contributed by atoms with E-state index in [1.54, 1.807) is 0 Å². The summed E-state index contributed by atoms with van der Waals surface area (Å²) >= 11 is 0. The van der Waals surface area contributed by atoms with Crippen molar-refractivity contribution in [3.05, 3.63) is 42.0 Å². The molecule has 43 heavy (non-hydrogen) atoms. The van der Waals surface area contributed by atoms with Gasteiger partial charge in [0.1, 0.15) is 11.7 Å². The van der Waals surface area contributed by atoms with Crippen molar-refractivity contribution in [1.82, 2.24) is 14.9 Å².